The molecule has 0 saturated carbocycles. The van der Waals surface area contributed by atoms with Crippen molar-refractivity contribution in [3.8, 4) is 5.75 Å². The van der Waals surface area contributed by atoms with Crippen molar-refractivity contribution in [1.82, 2.24) is 5.32 Å². The van der Waals surface area contributed by atoms with Crippen LogP contribution in [0.5, 0.6) is 5.75 Å². The number of ether oxygens (including phenoxy) is 1. The lowest BCUT2D eigenvalue weighted by Crippen LogP contribution is -2.20. The molecule has 1 N–H and O–H groups in total. The Balaban J connectivity index is 2.37. The fraction of sp³-hybridized carbons (Fsp3) is 0.571. The van der Waals surface area contributed by atoms with E-state index in [0.29, 0.717) is 13.0 Å². The molecule has 0 aliphatic rings. The van der Waals surface area contributed by atoms with Crippen molar-refractivity contribution in [2.75, 3.05) is 13.7 Å². The average molecular weight is 293 g/mol. The second-order valence-corrected chi connectivity index (χ2v) is 4.64. The van der Waals surface area contributed by atoms with Gasteiger partial charge in [-0.1, -0.05) is 6.07 Å². The van der Waals surface area contributed by atoms with Crippen LogP contribution in [-0.2, 0) is 0 Å². The van der Waals surface area contributed by atoms with Crippen LogP contribution < -0.4 is 10.1 Å². The summed E-state index contributed by atoms with van der Waals surface area (Å²) in [7, 11) is 1.39. The van der Waals surface area contributed by atoms with E-state index in [9.17, 15) is 17.6 Å². The molecule has 0 spiro atoms. The molecular formula is C14H19F4NO. The van der Waals surface area contributed by atoms with Crippen molar-refractivity contribution in [2.24, 2.45) is 0 Å². The minimum Gasteiger partial charge on any atom is -0.494 e. The fourth-order valence-electron chi connectivity index (χ4n) is 1.83. The predicted molar refractivity (Wildman–Crippen MR) is 69.3 cm³/mol. The van der Waals surface area contributed by atoms with Crippen LogP contribution in [0.25, 0.3) is 0 Å². The van der Waals surface area contributed by atoms with Crippen molar-refractivity contribution in [3.63, 3.8) is 0 Å². The van der Waals surface area contributed by atoms with Gasteiger partial charge in [0, 0.05) is 12.5 Å². The minimum atomic E-state index is -4.09. The highest BCUT2D eigenvalue weighted by Crippen LogP contribution is 2.23. The summed E-state index contributed by atoms with van der Waals surface area (Å²) in [5.74, 6) is -0.276. The zero-order valence-corrected chi connectivity index (χ0v) is 11.6. The van der Waals surface area contributed by atoms with Gasteiger partial charge in [0.15, 0.2) is 11.6 Å². The Morgan fingerprint density at radius 2 is 1.95 bits per heavy atom. The van der Waals surface area contributed by atoms with Gasteiger partial charge in [0.2, 0.25) is 0 Å². The topological polar surface area (TPSA) is 21.3 Å². The Morgan fingerprint density at radius 3 is 2.55 bits per heavy atom. The van der Waals surface area contributed by atoms with Gasteiger partial charge in [0.25, 0.3) is 0 Å². The van der Waals surface area contributed by atoms with Gasteiger partial charge < -0.3 is 10.1 Å². The number of hydrogen-bond acceptors (Lipinski definition) is 2. The highest BCUT2D eigenvalue weighted by atomic mass is 19.4. The van der Waals surface area contributed by atoms with Crippen LogP contribution in [0.4, 0.5) is 17.6 Å². The number of methoxy groups -OCH3 is 1. The Bertz CT molecular complexity index is 420. The second-order valence-electron chi connectivity index (χ2n) is 4.64. The SMILES string of the molecule is COc1cc(C(C)NCCCCC(F)(F)F)ccc1F. The van der Waals surface area contributed by atoms with Gasteiger partial charge >= 0.3 is 6.18 Å². The van der Waals surface area contributed by atoms with Gasteiger partial charge in [-0.2, -0.15) is 13.2 Å². The number of rotatable bonds is 7. The van der Waals surface area contributed by atoms with Crippen molar-refractivity contribution < 1.29 is 22.3 Å². The molecule has 0 aliphatic carbocycles. The van der Waals surface area contributed by atoms with Crippen LogP contribution in [0.1, 0.15) is 37.8 Å². The summed E-state index contributed by atoms with van der Waals surface area (Å²) in [6, 6.07) is 4.46. The van der Waals surface area contributed by atoms with Crippen molar-refractivity contribution in [2.45, 2.75) is 38.4 Å². The highest BCUT2D eigenvalue weighted by molar-refractivity contribution is 5.31. The van der Waals surface area contributed by atoms with E-state index in [2.05, 4.69) is 5.32 Å². The molecule has 0 saturated heterocycles. The molecule has 1 atom stereocenters. The van der Waals surface area contributed by atoms with Gasteiger partial charge in [0.05, 0.1) is 7.11 Å². The number of alkyl halides is 3. The van der Waals surface area contributed by atoms with Gasteiger partial charge in [-0.15, -0.1) is 0 Å². The molecule has 0 fully saturated rings. The van der Waals surface area contributed by atoms with Crippen LogP contribution >= 0.6 is 0 Å². The van der Waals surface area contributed by atoms with E-state index in [-0.39, 0.29) is 18.2 Å². The van der Waals surface area contributed by atoms with Gasteiger partial charge in [-0.3, -0.25) is 0 Å². The van der Waals surface area contributed by atoms with E-state index in [1.807, 2.05) is 6.92 Å². The maximum atomic E-state index is 13.2. The molecule has 0 radical (unpaired) electrons. The zero-order chi connectivity index (χ0) is 15.2. The van der Waals surface area contributed by atoms with E-state index in [4.69, 9.17) is 4.74 Å². The first-order valence-corrected chi connectivity index (χ1v) is 6.47. The molecule has 1 aromatic carbocycles. The molecule has 20 heavy (non-hydrogen) atoms. The van der Waals surface area contributed by atoms with Crippen LogP contribution in [0.15, 0.2) is 18.2 Å². The number of nitrogens with one attached hydrogen (secondary N) is 1. The first-order chi connectivity index (χ1) is 9.33. The number of halogens is 4. The van der Waals surface area contributed by atoms with E-state index in [1.54, 1.807) is 12.1 Å². The largest absolute Gasteiger partial charge is 0.494 e. The lowest BCUT2D eigenvalue weighted by Gasteiger charge is -2.15. The lowest BCUT2D eigenvalue weighted by molar-refractivity contribution is -0.135. The van der Waals surface area contributed by atoms with Crippen molar-refractivity contribution in [3.05, 3.63) is 29.6 Å². The maximum Gasteiger partial charge on any atom is 0.389 e. The Morgan fingerprint density at radius 1 is 1.25 bits per heavy atom. The standard InChI is InChI=1S/C14H19F4NO/c1-10(19-8-4-3-7-14(16,17)18)11-5-6-12(15)13(9-11)20-2/h5-6,9-10,19H,3-4,7-8H2,1-2H3. The quantitative estimate of drug-likeness (QED) is 0.600. The van der Waals surface area contributed by atoms with Crippen LogP contribution in [-0.4, -0.2) is 19.8 Å². The predicted octanol–water partition coefficient (Wildman–Crippen LogP) is 4.22. The molecule has 1 unspecified atom stereocenters. The monoisotopic (exact) mass is 293 g/mol. The molecule has 2 nitrogen and oxygen atoms in total. The Hall–Kier alpha value is -1.30. The lowest BCUT2D eigenvalue weighted by atomic mass is 10.1. The summed E-state index contributed by atoms with van der Waals surface area (Å²) in [5.41, 5.74) is 0.832. The number of benzene rings is 1. The molecule has 114 valence electrons. The average Bonchev–Trinajstić information content (AvgIpc) is 2.37. The van der Waals surface area contributed by atoms with Crippen LogP contribution in [0.3, 0.4) is 0 Å². The Labute approximate surface area is 116 Å². The Kier molecular flexibility index (Phi) is 6.26. The van der Waals surface area contributed by atoms with Gasteiger partial charge in [-0.05, 0) is 44.0 Å². The second kappa shape index (κ2) is 7.47. The molecule has 0 aromatic heterocycles. The summed E-state index contributed by atoms with van der Waals surface area (Å²) in [5, 5.41) is 3.11. The minimum absolute atomic E-state index is 0.0737. The summed E-state index contributed by atoms with van der Waals surface area (Å²) < 4.78 is 54.0. The molecule has 0 aliphatic heterocycles. The van der Waals surface area contributed by atoms with Gasteiger partial charge in [0.1, 0.15) is 0 Å². The highest BCUT2D eigenvalue weighted by Gasteiger charge is 2.25. The molecule has 1 aromatic rings. The van der Waals surface area contributed by atoms with E-state index >= 15 is 0 Å². The number of unbranched alkanes of at least 4 members (excludes halogenated alkanes) is 1. The van der Waals surface area contributed by atoms with Crippen LogP contribution in [0, 0.1) is 5.82 Å². The molecule has 1 rings (SSSR count). The number of hydrogen-bond donors (Lipinski definition) is 1. The van der Waals surface area contributed by atoms with Crippen molar-refractivity contribution >= 4 is 0 Å². The van der Waals surface area contributed by atoms with E-state index in [1.165, 1.54) is 13.2 Å². The molecule has 0 heterocycles. The van der Waals surface area contributed by atoms with Gasteiger partial charge in [-0.25, -0.2) is 4.39 Å². The summed E-state index contributed by atoms with van der Waals surface area (Å²) in [6.45, 7) is 2.35. The summed E-state index contributed by atoms with van der Waals surface area (Å²) in [6.07, 6.45) is -4.29. The first-order valence-electron chi connectivity index (χ1n) is 6.47. The molecule has 0 bridgehead atoms. The molecular weight excluding hydrogens is 274 g/mol. The third-order valence-electron chi connectivity index (χ3n) is 3.01. The smallest absolute Gasteiger partial charge is 0.389 e. The first kappa shape index (κ1) is 16.8. The van der Waals surface area contributed by atoms with E-state index in [0.717, 1.165) is 5.56 Å². The maximum absolute atomic E-state index is 13.2. The van der Waals surface area contributed by atoms with Crippen LogP contribution in [0.2, 0.25) is 0 Å². The normalized spacial score (nSPS) is 13.3. The third-order valence-corrected chi connectivity index (χ3v) is 3.01. The van der Waals surface area contributed by atoms with E-state index < -0.39 is 18.4 Å². The summed E-state index contributed by atoms with van der Waals surface area (Å²) in [4.78, 5) is 0. The third kappa shape index (κ3) is 5.77. The van der Waals surface area contributed by atoms with Crippen molar-refractivity contribution in [1.29, 1.82) is 0 Å². The zero-order valence-electron chi connectivity index (χ0n) is 11.6. The molecule has 6 heteroatoms. The summed E-state index contributed by atoms with van der Waals surface area (Å²) >= 11 is 0. The fourth-order valence-corrected chi connectivity index (χ4v) is 1.83. The molecule has 0 amide bonds.